The van der Waals surface area contributed by atoms with Gasteiger partial charge in [0.05, 0.1) is 6.04 Å². The Hall–Kier alpha value is -1.11. The molecule has 0 N–H and O–H groups in total. The predicted octanol–water partition coefficient (Wildman–Crippen LogP) is 3.30. The number of hydrogen-bond acceptors (Lipinski definition) is 1. The average Bonchev–Trinajstić information content (AvgIpc) is 2.03. The Bertz CT molecular complexity index is 295. The molecular formula is C12H17N. The third kappa shape index (κ3) is 2.69. The van der Waals surface area contributed by atoms with Gasteiger partial charge in [-0.15, -0.1) is 0 Å². The van der Waals surface area contributed by atoms with Gasteiger partial charge in [-0.1, -0.05) is 29.9 Å². The normalized spacial score (nSPS) is 20.3. The summed E-state index contributed by atoms with van der Waals surface area (Å²) in [5.74, 6) is 0. The van der Waals surface area contributed by atoms with Crippen LogP contribution in [0.25, 0.3) is 0 Å². The smallest absolute Gasteiger partial charge is 0.0931 e. The fourth-order valence-corrected chi connectivity index (χ4v) is 1.38. The van der Waals surface area contributed by atoms with Gasteiger partial charge in [0.1, 0.15) is 0 Å². The molecule has 1 heteroatoms. The summed E-state index contributed by atoms with van der Waals surface area (Å²) in [5.41, 5.74) is 3.79. The minimum atomic E-state index is 0.236. The van der Waals surface area contributed by atoms with Crippen molar-refractivity contribution in [1.29, 1.82) is 0 Å². The summed E-state index contributed by atoms with van der Waals surface area (Å²) in [6, 6.07) is 0.236. The lowest BCUT2D eigenvalue weighted by Crippen LogP contribution is -2.08. The van der Waals surface area contributed by atoms with E-state index in [2.05, 4.69) is 43.1 Å². The molecule has 0 bridgehead atoms. The Kier molecular flexibility index (Phi) is 3.24. The molecule has 0 aromatic rings. The summed E-state index contributed by atoms with van der Waals surface area (Å²) in [5, 5.41) is 0. The molecule has 0 heterocycles. The van der Waals surface area contributed by atoms with Crippen molar-refractivity contribution in [2.45, 2.75) is 33.7 Å². The van der Waals surface area contributed by atoms with Crippen LogP contribution < -0.4 is 0 Å². The highest BCUT2D eigenvalue weighted by atomic mass is 14.8. The first-order chi connectivity index (χ1) is 6.11. The largest absolute Gasteiger partial charge is 0.282 e. The number of hydrogen-bond donors (Lipinski definition) is 0. The van der Waals surface area contributed by atoms with Crippen LogP contribution in [0.1, 0.15) is 27.7 Å². The Morgan fingerprint density at radius 2 is 1.85 bits per heavy atom. The molecule has 1 atom stereocenters. The van der Waals surface area contributed by atoms with Gasteiger partial charge >= 0.3 is 0 Å². The maximum atomic E-state index is 4.56. The van der Waals surface area contributed by atoms with Crippen molar-refractivity contribution in [2.75, 3.05) is 0 Å². The molecule has 0 radical (unpaired) electrons. The third-order valence-electron chi connectivity index (χ3n) is 1.97. The Labute approximate surface area is 80.6 Å². The summed E-state index contributed by atoms with van der Waals surface area (Å²) >= 11 is 0. The molecule has 0 saturated carbocycles. The molecule has 0 amide bonds. The molecule has 1 nitrogen and oxygen atoms in total. The molecule has 1 rings (SSSR count). The number of nitrogens with zero attached hydrogens (tertiary/aromatic N) is 1. The lowest BCUT2D eigenvalue weighted by Gasteiger charge is -2.15. The van der Waals surface area contributed by atoms with Crippen molar-refractivity contribution in [3.8, 4) is 0 Å². The molecule has 0 fully saturated rings. The van der Waals surface area contributed by atoms with Gasteiger partial charge < -0.3 is 0 Å². The third-order valence-corrected chi connectivity index (χ3v) is 1.97. The van der Waals surface area contributed by atoms with Crippen LogP contribution in [0.5, 0.6) is 0 Å². The molecule has 0 aliphatic heterocycles. The van der Waals surface area contributed by atoms with E-state index in [9.17, 15) is 0 Å². The van der Waals surface area contributed by atoms with Crippen molar-refractivity contribution < 1.29 is 0 Å². The molecule has 70 valence electrons. The van der Waals surface area contributed by atoms with Crippen LogP contribution in [0.3, 0.4) is 0 Å². The molecule has 0 aromatic heterocycles. The monoisotopic (exact) mass is 175 g/mol. The van der Waals surface area contributed by atoms with Gasteiger partial charge in [0.25, 0.3) is 0 Å². The molecule has 0 spiro atoms. The van der Waals surface area contributed by atoms with Gasteiger partial charge in [0, 0.05) is 5.71 Å². The SMILES string of the molecule is CC(C)=NC1C=CC=CC1=C(C)C. The highest BCUT2D eigenvalue weighted by Crippen LogP contribution is 2.18. The van der Waals surface area contributed by atoms with E-state index in [0.717, 1.165) is 5.71 Å². The minimum absolute atomic E-state index is 0.236. The van der Waals surface area contributed by atoms with Gasteiger partial charge in [-0.3, -0.25) is 4.99 Å². The van der Waals surface area contributed by atoms with E-state index in [1.807, 2.05) is 13.8 Å². The van der Waals surface area contributed by atoms with Crippen molar-refractivity contribution in [2.24, 2.45) is 4.99 Å². The van der Waals surface area contributed by atoms with Crippen LogP contribution in [0, 0.1) is 0 Å². The summed E-state index contributed by atoms with van der Waals surface area (Å²) < 4.78 is 0. The van der Waals surface area contributed by atoms with E-state index in [1.54, 1.807) is 0 Å². The second kappa shape index (κ2) is 4.22. The topological polar surface area (TPSA) is 12.4 Å². The fourth-order valence-electron chi connectivity index (χ4n) is 1.38. The summed E-state index contributed by atoms with van der Waals surface area (Å²) in [7, 11) is 0. The van der Waals surface area contributed by atoms with Crippen LogP contribution in [-0.4, -0.2) is 11.8 Å². The van der Waals surface area contributed by atoms with E-state index in [1.165, 1.54) is 11.1 Å². The highest BCUT2D eigenvalue weighted by Gasteiger charge is 2.10. The average molecular weight is 175 g/mol. The lowest BCUT2D eigenvalue weighted by molar-refractivity contribution is 0.946. The van der Waals surface area contributed by atoms with Gasteiger partial charge in [-0.25, -0.2) is 0 Å². The Morgan fingerprint density at radius 1 is 1.15 bits per heavy atom. The zero-order chi connectivity index (χ0) is 9.84. The summed E-state index contributed by atoms with van der Waals surface area (Å²) in [6.07, 6.45) is 8.41. The fraction of sp³-hybridized carbons (Fsp3) is 0.417. The maximum Gasteiger partial charge on any atom is 0.0931 e. The quantitative estimate of drug-likeness (QED) is 0.542. The summed E-state index contributed by atoms with van der Waals surface area (Å²) in [4.78, 5) is 4.56. The van der Waals surface area contributed by atoms with Gasteiger partial charge in [-0.2, -0.15) is 0 Å². The molecule has 13 heavy (non-hydrogen) atoms. The van der Waals surface area contributed by atoms with Crippen LogP contribution in [0.15, 0.2) is 40.4 Å². The van der Waals surface area contributed by atoms with E-state index in [-0.39, 0.29) is 6.04 Å². The number of allylic oxidation sites excluding steroid dienone is 3. The van der Waals surface area contributed by atoms with Crippen molar-refractivity contribution in [3.63, 3.8) is 0 Å². The Balaban J connectivity index is 2.97. The molecular weight excluding hydrogens is 158 g/mol. The van der Waals surface area contributed by atoms with Gasteiger partial charge in [0.2, 0.25) is 0 Å². The number of aliphatic imine (C=N–C) groups is 1. The van der Waals surface area contributed by atoms with Crippen molar-refractivity contribution in [3.05, 3.63) is 35.5 Å². The standard InChI is InChI=1S/C12H17N/c1-9(2)11-7-5-6-8-12(11)13-10(3)4/h5-8,12H,1-4H3. The highest BCUT2D eigenvalue weighted by molar-refractivity contribution is 5.79. The van der Waals surface area contributed by atoms with Crippen molar-refractivity contribution in [1.82, 2.24) is 0 Å². The van der Waals surface area contributed by atoms with E-state index in [0.29, 0.717) is 0 Å². The first kappa shape index (κ1) is 9.97. The van der Waals surface area contributed by atoms with E-state index < -0.39 is 0 Å². The van der Waals surface area contributed by atoms with Crippen LogP contribution in [-0.2, 0) is 0 Å². The van der Waals surface area contributed by atoms with Crippen LogP contribution >= 0.6 is 0 Å². The van der Waals surface area contributed by atoms with Crippen molar-refractivity contribution >= 4 is 5.71 Å². The molecule has 1 aliphatic carbocycles. The van der Waals surface area contributed by atoms with Crippen LogP contribution in [0.4, 0.5) is 0 Å². The molecule has 0 saturated heterocycles. The maximum absolute atomic E-state index is 4.56. The molecule has 1 aliphatic rings. The second-order valence-electron chi connectivity index (χ2n) is 3.72. The first-order valence-electron chi connectivity index (χ1n) is 4.64. The van der Waals surface area contributed by atoms with Gasteiger partial charge in [0.15, 0.2) is 0 Å². The molecule has 1 unspecified atom stereocenters. The van der Waals surface area contributed by atoms with E-state index >= 15 is 0 Å². The minimum Gasteiger partial charge on any atom is -0.282 e. The zero-order valence-electron chi connectivity index (χ0n) is 8.83. The predicted molar refractivity (Wildman–Crippen MR) is 59.2 cm³/mol. The van der Waals surface area contributed by atoms with E-state index in [4.69, 9.17) is 0 Å². The number of rotatable bonds is 1. The van der Waals surface area contributed by atoms with Gasteiger partial charge in [-0.05, 0) is 33.3 Å². The van der Waals surface area contributed by atoms with Crippen LogP contribution in [0.2, 0.25) is 0 Å². The zero-order valence-corrected chi connectivity index (χ0v) is 8.83. The first-order valence-corrected chi connectivity index (χ1v) is 4.64. The summed E-state index contributed by atoms with van der Waals surface area (Å²) in [6.45, 7) is 8.34. The lowest BCUT2D eigenvalue weighted by atomic mass is 9.98. The Morgan fingerprint density at radius 3 is 2.38 bits per heavy atom. The second-order valence-corrected chi connectivity index (χ2v) is 3.72. The molecule has 0 aromatic carbocycles.